The second kappa shape index (κ2) is 6.94. The number of rotatable bonds is 6. The van der Waals surface area contributed by atoms with Gasteiger partial charge in [0.1, 0.15) is 0 Å². The van der Waals surface area contributed by atoms with Crippen molar-refractivity contribution in [1.29, 1.82) is 0 Å². The molecule has 1 aliphatic rings. The van der Waals surface area contributed by atoms with E-state index in [0.29, 0.717) is 17.4 Å². The molecule has 1 aromatic rings. The highest BCUT2D eigenvalue weighted by Gasteiger charge is 2.26. The van der Waals surface area contributed by atoms with E-state index in [-0.39, 0.29) is 6.04 Å². The smallest absolute Gasteiger partial charge is 0.242 e. The summed E-state index contributed by atoms with van der Waals surface area (Å²) in [5.41, 5.74) is 6.52. The second-order valence-electron chi connectivity index (χ2n) is 5.97. The first-order chi connectivity index (χ1) is 9.97. The van der Waals surface area contributed by atoms with Crippen LogP contribution in [-0.4, -0.2) is 19.0 Å². The Balaban J connectivity index is 2.12. The minimum Gasteiger partial charge on any atom is -0.349 e. The van der Waals surface area contributed by atoms with Crippen molar-refractivity contribution in [3.8, 4) is 0 Å². The van der Waals surface area contributed by atoms with Gasteiger partial charge in [0.25, 0.3) is 0 Å². The van der Waals surface area contributed by atoms with Crippen LogP contribution in [0, 0.1) is 5.92 Å². The zero-order chi connectivity index (χ0) is 15.5. The van der Waals surface area contributed by atoms with E-state index in [0.717, 1.165) is 25.1 Å². The predicted molar refractivity (Wildman–Crippen MR) is 84.4 cm³/mol. The molecule has 120 valence electrons. The number of hydrogen-bond acceptors (Lipinski definition) is 3. The SMILES string of the molecule is CCn1cc(S(=O)(=O)NC(C)C2CCCCC2)cc1CN. The van der Waals surface area contributed by atoms with Gasteiger partial charge in [-0.05, 0) is 38.7 Å². The summed E-state index contributed by atoms with van der Waals surface area (Å²) >= 11 is 0. The maximum Gasteiger partial charge on any atom is 0.242 e. The van der Waals surface area contributed by atoms with Crippen molar-refractivity contribution in [2.75, 3.05) is 0 Å². The lowest BCUT2D eigenvalue weighted by Gasteiger charge is -2.27. The molecule has 1 aromatic heterocycles. The van der Waals surface area contributed by atoms with Gasteiger partial charge in [-0.2, -0.15) is 0 Å². The van der Waals surface area contributed by atoms with Crippen molar-refractivity contribution in [2.45, 2.75) is 70.0 Å². The van der Waals surface area contributed by atoms with Crippen molar-refractivity contribution < 1.29 is 8.42 Å². The first kappa shape index (κ1) is 16.5. The van der Waals surface area contributed by atoms with E-state index >= 15 is 0 Å². The Labute approximate surface area is 128 Å². The van der Waals surface area contributed by atoms with E-state index in [4.69, 9.17) is 5.73 Å². The van der Waals surface area contributed by atoms with Crippen LogP contribution in [0.25, 0.3) is 0 Å². The largest absolute Gasteiger partial charge is 0.349 e. The van der Waals surface area contributed by atoms with Gasteiger partial charge < -0.3 is 10.3 Å². The van der Waals surface area contributed by atoms with E-state index in [9.17, 15) is 8.42 Å². The summed E-state index contributed by atoms with van der Waals surface area (Å²) in [5, 5.41) is 0. The second-order valence-corrected chi connectivity index (χ2v) is 7.68. The van der Waals surface area contributed by atoms with Crippen LogP contribution < -0.4 is 10.5 Å². The van der Waals surface area contributed by atoms with Crippen LogP contribution in [0.15, 0.2) is 17.2 Å². The normalized spacial score (nSPS) is 18.8. The molecule has 0 amide bonds. The van der Waals surface area contributed by atoms with E-state index < -0.39 is 10.0 Å². The van der Waals surface area contributed by atoms with E-state index in [1.165, 1.54) is 19.3 Å². The summed E-state index contributed by atoms with van der Waals surface area (Å²) < 4.78 is 29.8. The highest BCUT2D eigenvalue weighted by atomic mass is 32.2. The van der Waals surface area contributed by atoms with Crippen LogP contribution in [-0.2, 0) is 23.1 Å². The number of aromatic nitrogens is 1. The molecule has 1 unspecified atom stereocenters. The zero-order valence-corrected chi connectivity index (χ0v) is 13.8. The first-order valence-electron chi connectivity index (χ1n) is 7.89. The van der Waals surface area contributed by atoms with Gasteiger partial charge in [-0.1, -0.05) is 19.3 Å². The average Bonchev–Trinajstić information content (AvgIpc) is 2.92. The number of nitrogens with zero attached hydrogens (tertiary/aromatic N) is 1. The quantitative estimate of drug-likeness (QED) is 0.845. The molecule has 0 aliphatic heterocycles. The lowest BCUT2D eigenvalue weighted by molar-refractivity contribution is 0.303. The van der Waals surface area contributed by atoms with E-state index in [1.807, 2.05) is 18.4 Å². The highest BCUT2D eigenvalue weighted by molar-refractivity contribution is 7.89. The van der Waals surface area contributed by atoms with Gasteiger partial charge in [-0.15, -0.1) is 0 Å². The third-order valence-corrected chi connectivity index (χ3v) is 6.04. The Morgan fingerprint density at radius 3 is 2.57 bits per heavy atom. The molecular formula is C15H27N3O2S. The molecule has 2 rings (SSSR count). The molecule has 21 heavy (non-hydrogen) atoms. The summed E-state index contributed by atoms with van der Waals surface area (Å²) in [7, 11) is -3.46. The maximum absolute atomic E-state index is 12.5. The highest BCUT2D eigenvalue weighted by Crippen LogP contribution is 2.27. The molecular weight excluding hydrogens is 286 g/mol. The third-order valence-electron chi connectivity index (χ3n) is 4.52. The van der Waals surface area contributed by atoms with Crippen molar-refractivity contribution in [3.05, 3.63) is 18.0 Å². The molecule has 0 spiro atoms. The molecule has 1 saturated carbocycles. The van der Waals surface area contributed by atoms with Gasteiger partial charge in [0.05, 0.1) is 4.90 Å². The van der Waals surface area contributed by atoms with Gasteiger partial charge in [-0.25, -0.2) is 13.1 Å². The number of nitrogens with two attached hydrogens (primary N) is 1. The van der Waals surface area contributed by atoms with Gasteiger partial charge in [0.15, 0.2) is 0 Å². The van der Waals surface area contributed by atoms with Gasteiger partial charge in [0.2, 0.25) is 10.0 Å². The Bertz CT molecular complexity index is 538. The Kier molecular flexibility index (Phi) is 5.46. The average molecular weight is 313 g/mol. The Morgan fingerprint density at radius 2 is 2.05 bits per heavy atom. The van der Waals surface area contributed by atoms with Crippen molar-refractivity contribution in [1.82, 2.24) is 9.29 Å². The van der Waals surface area contributed by atoms with Crippen LogP contribution in [0.5, 0.6) is 0 Å². The summed E-state index contributed by atoms with van der Waals surface area (Å²) in [5.74, 6) is 0.454. The number of sulfonamides is 1. The minimum absolute atomic E-state index is 0.0124. The predicted octanol–water partition coefficient (Wildman–Crippen LogP) is 2.21. The van der Waals surface area contributed by atoms with E-state index in [1.54, 1.807) is 12.3 Å². The summed E-state index contributed by atoms with van der Waals surface area (Å²) in [6.07, 6.45) is 7.61. The van der Waals surface area contributed by atoms with Crippen LogP contribution >= 0.6 is 0 Å². The van der Waals surface area contributed by atoms with Crippen LogP contribution in [0.3, 0.4) is 0 Å². The lowest BCUT2D eigenvalue weighted by Crippen LogP contribution is -2.38. The van der Waals surface area contributed by atoms with Crippen LogP contribution in [0.4, 0.5) is 0 Å². The van der Waals surface area contributed by atoms with Crippen molar-refractivity contribution in [3.63, 3.8) is 0 Å². The summed E-state index contributed by atoms with van der Waals surface area (Å²) in [6.45, 7) is 5.03. The molecule has 5 nitrogen and oxygen atoms in total. The molecule has 1 atom stereocenters. The minimum atomic E-state index is -3.46. The lowest BCUT2D eigenvalue weighted by atomic mass is 9.85. The Hall–Kier alpha value is -0.850. The standard InChI is InChI=1S/C15H27N3O2S/c1-3-18-11-15(9-14(18)10-16)21(19,20)17-12(2)13-7-5-4-6-8-13/h9,11-13,17H,3-8,10,16H2,1-2H3. The van der Waals surface area contributed by atoms with Gasteiger partial charge in [0, 0.05) is 31.0 Å². The molecule has 1 fully saturated rings. The number of hydrogen-bond donors (Lipinski definition) is 2. The molecule has 6 heteroatoms. The molecule has 0 aromatic carbocycles. The van der Waals surface area contributed by atoms with Crippen LogP contribution in [0.2, 0.25) is 0 Å². The third kappa shape index (κ3) is 3.87. The fourth-order valence-corrected chi connectivity index (χ4v) is 4.56. The number of nitrogens with one attached hydrogen (secondary N) is 1. The van der Waals surface area contributed by atoms with Crippen LogP contribution in [0.1, 0.15) is 51.6 Å². The molecule has 1 aliphatic carbocycles. The molecule has 1 heterocycles. The summed E-state index contributed by atoms with van der Waals surface area (Å²) in [4.78, 5) is 0.326. The maximum atomic E-state index is 12.5. The van der Waals surface area contributed by atoms with Gasteiger partial charge in [-0.3, -0.25) is 0 Å². The zero-order valence-electron chi connectivity index (χ0n) is 13.0. The Morgan fingerprint density at radius 1 is 1.38 bits per heavy atom. The molecule has 0 saturated heterocycles. The van der Waals surface area contributed by atoms with E-state index in [2.05, 4.69) is 4.72 Å². The van der Waals surface area contributed by atoms with Crippen molar-refractivity contribution in [2.24, 2.45) is 11.7 Å². The van der Waals surface area contributed by atoms with Gasteiger partial charge >= 0.3 is 0 Å². The topological polar surface area (TPSA) is 77.1 Å². The fourth-order valence-electron chi connectivity index (χ4n) is 3.18. The summed E-state index contributed by atoms with van der Waals surface area (Å²) in [6, 6.07) is 1.67. The molecule has 0 radical (unpaired) electrons. The van der Waals surface area contributed by atoms with Crippen molar-refractivity contribution >= 4 is 10.0 Å². The fraction of sp³-hybridized carbons (Fsp3) is 0.733. The number of aryl methyl sites for hydroxylation is 1. The monoisotopic (exact) mass is 313 g/mol. The molecule has 0 bridgehead atoms. The first-order valence-corrected chi connectivity index (χ1v) is 9.37. The molecule has 3 N–H and O–H groups in total.